The summed E-state index contributed by atoms with van der Waals surface area (Å²) < 4.78 is 0. The summed E-state index contributed by atoms with van der Waals surface area (Å²) in [4.78, 5) is 1.25. The molecule has 1 rings (SSSR count). The van der Waals surface area contributed by atoms with Gasteiger partial charge in [0.25, 0.3) is 0 Å². The fraction of sp³-hybridized carbons (Fsp3) is 0.222. The van der Waals surface area contributed by atoms with Gasteiger partial charge in [-0.05, 0) is 19.1 Å². The monoisotopic (exact) mass is 181 g/mol. The van der Waals surface area contributed by atoms with E-state index in [0.29, 0.717) is 5.25 Å². The van der Waals surface area contributed by atoms with Gasteiger partial charge in [0.2, 0.25) is 0 Å². The Morgan fingerprint density at radius 1 is 1.36 bits per heavy atom. The zero-order chi connectivity index (χ0) is 8.10. The summed E-state index contributed by atoms with van der Waals surface area (Å²) in [6, 6.07) is 10.2. The van der Waals surface area contributed by atoms with Crippen molar-refractivity contribution in [1.82, 2.24) is 0 Å². The molecule has 1 radical (unpaired) electrons. The van der Waals surface area contributed by atoms with Crippen molar-refractivity contribution in [3.63, 3.8) is 0 Å². The molecule has 0 N–H and O–H groups in total. The van der Waals surface area contributed by atoms with Crippen LogP contribution >= 0.6 is 24.0 Å². The van der Waals surface area contributed by atoms with Crippen LogP contribution in [0.15, 0.2) is 35.2 Å². The van der Waals surface area contributed by atoms with Crippen LogP contribution in [-0.4, -0.2) is 10.6 Å². The number of thiocarbonyl (C=S) groups is 1. The van der Waals surface area contributed by atoms with Crippen molar-refractivity contribution in [1.29, 1.82) is 0 Å². The third-order valence-corrected chi connectivity index (χ3v) is 2.74. The molecule has 1 atom stereocenters. The standard InChI is InChI=1S/C9H9S2/c1-8(7-10)11-9-5-3-2-4-6-9/h2-6,8H,1H3. The van der Waals surface area contributed by atoms with Crippen LogP contribution in [0.2, 0.25) is 0 Å². The quantitative estimate of drug-likeness (QED) is 0.519. The van der Waals surface area contributed by atoms with Crippen molar-refractivity contribution < 1.29 is 0 Å². The summed E-state index contributed by atoms with van der Waals surface area (Å²) in [6.07, 6.45) is 0. The zero-order valence-electron chi connectivity index (χ0n) is 6.28. The molecule has 0 saturated carbocycles. The van der Waals surface area contributed by atoms with Gasteiger partial charge in [-0.3, -0.25) is 0 Å². The number of thioether (sulfide) groups is 1. The molecular formula is C9H9S2. The molecule has 57 valence electrons. The van der Waals surface area contributed by atoms with Crippen LogP contribution in [-0.2, 0) is 0 Å². The van der Waals surface area contributed by atoms with Crippen LogP contribution in [0.5, 0.6) is 0 Å². The Morgan fingerprint density at radius 2 is 2.00 bits per heavy atom. The molecule has 11 heavy (non-hydrogen) atoms. The minimum atomic E-state index is 0.299. The van der Waals surface area contributed by atoms with Crippen LogP contribution in [0, 0.1) is 0 Å². The molecule has 0 fully saturated rings. The molecule has 0 nitrogen and oxygen atoms in total. The van der Waals surface area contributed by atoms with Crippen LogP contribution < -0.4 is 0 Å². The Kier molecular flexibility index (Phi) is 3.60. The first-order valence-corrected chi connectivity index (χ1v) is 4.71. The summed E-state index contributed by atoms with van der Waals surface area (Å²) in [5, 5.41) is 3.06. The fourth-order valence-electron chi connectivity index (χ4n) is 0.727. The second kappa shape index (κ2) is 4.52. The van der Waals surface area contributed by atoms with Gasteiger partial charge in [0, 0.05) is 15.5 Å². The number of benzene rings is 1. The molecule has 1 unspecified atom stereocenters. The Bertz CT molecular complexity index is 218. The van der Waals surface area contributed by atoms with Crippen molar-refractivity contribution in [3.8, 4) is 0 Å². The van der Waals surface area contributed by atoms with E-state index in [2.05, 4.69) is 17.5 Å². The second-order valence-electron chi connectivity index (χ2n) is 2.19. The average molecular weight is 181 g/mol. The highest BCUT2D eigenvalue weighted by molar-refractivity contribution is 8.01. The van der Waals surface area contributed by atoms with Crippen molar-refractivity contribution in [2.75, 3.05) is 0 Å². The van der Waals surface area contributed by atoms with Crippen molar-refractivity contribution >= 4 is 29.3 Å². The lowest BCUT2D eigenvalue weighted by molar-refractivity contribution is 1.34. The van der Waals surface area contributed by atoms with Gasteiger partial charge in [0.05, 0.1) is 0 Å². The lowest BCUT2D eigenvalue weighted by Gasteiger charge is -2.02. The highest BCUT2D eigenvalue weighted by Crippen LogP contribution is 2.21. The first-order valence-electron chi connectivity index (χ1n) is 3.42. The smallest absolute Gasteiger partial charge is 0.0433 e. The molecular weight excluding hydrogens is 172 g/mol. The third kappa shape index (κ3) is 3.04. The summed E-state index contributed by atoms with van der Waals surface area (Å²) in [6.45, 7) is 2.05. The second-order valence-corrected chi connectivity index (χ2v) is 3.84. The molecule has 0 saturated heterocycles. The Balaban J connectivity index is 2.57. The summed E-state index contributed by atoms with van der Waals surface area (Å²) >= 11 is 6.43. The van der Waals surface area contributed by atoms with Crippen molar-refractivity contribution in [3.05, 3.63) is 30.3 Å². The van der Waals surface area contributed by atoms with Crippen LogP contribution in [0.1, 0.15) is 6.92 Å². The molecule has 0 aliphatic heterocycles. The minimum Gasteiger partial charge on any atom is -0.117 e. The molecule has 2 heteroatoms. The van der Waals surface area contributed by atoms with Crippen LogP contribution in [0.4, 0.5) is 0 Å². The zero-order valence-corrected chi connectivity index (χ0v) is 7.91. The number of hydrogen-bond acceptors (Lipinski definition) is 2. The highest BCUT2D eigenvalue weighted by Gasteiger charge is 1.98. The van der Waals surface area contributed by atoms with E-state index >= 15 is 0 Å². The van der Waals surface area contributed by atoms with Crippen LogP contribution in [0.25, 0.3) is 0 Å². The van der Waals surface area contributed by atoms with Gasteiger partial charge < -0.3 is 0 Å². The average Bonchev–Trinajstić information content (AvgIpc) is 2.06. The van der Waals surface area contributed by atoms with Crippen LogP contribution in [0.3, 0.4) is 0 Å². The molecule has 0 bridgehead atoms. The van der Waals surface area contributed by atoms with E-state index in [-0.39, 0.29) is 0 Å². The van der Waals surface area contributed by atoms with Gasteiger partial charge in [-0.25, -0.2) is 0 Å². The fourth-order valence-corrected chi connectivity index (χ4v) is 1.64. The molecule has 0 aliphatic carbocycles. The summed E-state index contributed by atoms with van der Waals surface area (Å²) in [7, 11) is 0. The lowest BCUT2D eigenvalue weighted by atomic mass is 10.4. The van der Waals surface area contributed by atoms with Gasteiger partial charge in [-0.2, -0.15) is 0 Å². The molecule has 0 aliphatic rings. The van der Waals surface area contributed by atoms with Gasteiger partial charge in [0.15, 0.2) is 0 Å². The van der Waals surface area contributed by atoms with Gasteiger partial charge in [0.1, 0.15) is 0 Å². The summed E-state index contributed by atoms with van der Waals surface area (Å²) in [5.41, 5.74) is 0. The maximum Gasteiger partial charge on any atom is 0.0433 e. The molecule has 0 aromatic heterocycles. The topological polar surface area (TPSA) is 0 Å². The first kappa shape index (κ1) is 8.75. The van der Waals surface area contributed by atoms with Gasteiger partial charge in [-0.1, -0.05) is 30.4 Å². The van der Waals surface area contributed by atoms with E-state index in [9.17, 15) is 0 Å². The Hall–Kier alpha value is -0.340. The normalized spacial score (nSPS) is 12.5. The Morgan fingerprint density at radius 3 is 2.55 bits per heavy atom. The number of hydrogen-bond donors (Lipinski definition) is 0. The van der Waals surface area contributed by atoms with Crippen molar-refractivity contribution in [2.24, 2.45) is 0 Å². The first-order chi connectivity index (χ1) is 5.33. The Labute approximate surface area is 77.0 Å². The van der Waals surface area contributed by atoms with E-state index in [0.717, 1.165) is 0 Å². The molecule has 0 spiro atoms. The molecule has 1 aromatic rings. The molecule has 0 heterocycles. The maximum absolute atomic E-state index is 4.70. The predicted octanol–water partition coefficient (Wildman–Crippen LogP) is 3.04. The summed E-state index contributed by atoms with van der Waals surface area (Å²) in [5.74, 6) is 0. The minimum absolute atomic E-state index is 0.299. The highest BCUT2D eigenvalue weighted by atomic mass is 32.2. The lowest BCUT2D eigenvalue weighted by Crippen LogP contribution is -1.93. The number of rotatable bonds is 3. The van der Waals surface area contributed by atoms with E-state index < -0.39 is 0 Å². The van der Waals surface area contributed by atoms with E-state index in [1.54, 1.807) is 11.8 Å². The maximum atomic E-state index is 4.70. The molecule has 0 amide bonds. The predicted molar refractivity (Wildman–Crippen MR) is 54.4 cm³/mol. The van der Waals surface area contributed by atoms with E-state index in [1.165, 1.54) is 4.90 Å². The van der Waals surface area contributed by atoms with Gasteiger partial charge >= 0.3 is 0 Å². The largest absolute Gasteiger partial charge is 0.117 e. The van der Waals surface area contributed by atoms with Crippen molar-refractivity contribution in [2.45, 2.75) is 17.1 Å². The van der Waals surface area contributed by atoms with E-state index in [1.807, 2.05) is 25.1 Å². The van der Waals surface area contributed by atoms with E-state index in [4.69, 9.17) is 12.2 Å². The molecule has 1 aromatic carbocycles. The third-order valence-electron chi connectivity index (χ3n) is 1.22. The SMILES string of the molecule is CC([C]=S)Sc1ccccc1. The van der Waals surface area contributed by atoms with Gasteiger partial charge in [-0.15, -0.1) is 11.8 Å².